The average molecular weight is 232 g/mol. The Bertz CT molecular complexity index is 207. The quantitative estimate of drug-likeness (QED) is 0.606. The van der Waals surface area contributed by atoms with E-state index in [1.54, 1.807) is 7.11 Å². The highest BCUT2D eigenvalue weighted by Crippen LogP contribution is 1.99. The summed E-state index contributed by atoms with van der Waals surface area (Å²) < 4.78 is 15.4. The Morgan fingerprint density at radius 1 is 1.62 bits per heavy atom. The van der Waals surface area contributed by atoms with Crippen LogP contribution in [0.2, 0.25) is 0 Å². The largest absolute Gasteiger partial charge is 0.385 e. The van der Waals surface area contributed by atoms with Crippen molar-refractivity contribution >= 4 is 5.91 Å². The summed E-state index contributed by atoms with van der Waals surface area (Å²) in [5.74, 6) is -0.175. The van der Waals surface area contributed by atoms with Gasteiger partial charge in [0.05, 0.1) is 32.0 Å². The number of amides is 1. The third kappa shape index (κ3) is 4.89. The minimum atomic E-state index is -0.524. The third-order valence-electron chi connectivity index (χ3n) is 2.36. The molecule has 1 heterocycles. The molecule has 0 saturated carbocycles. The summed E-state index contributed by atoms with van der Waals surface area (Å²) in [5, 5.41) is 2.74. The Hall–Kier alpha value is -0.690. The standard InChI is InChI=1S/C10H20N2O4/c1-14-3-2-9(11)10(13)12-6-8-7-15-4-5-16-8/h8-9H,2-7,11H2,1H3,(H,12,13). The van der Waals surface area contributed by atoms with Crippen LogP contribution in [-0.4, -0.2) is 58.1 Å². The maximum absolute atomic E-state index is 11.5. The van der Waals surface area contributed by atoms with Gasteiger partial charge in [0.2, 0.25) is 5.91 Å². The number of hydrogen-bond donors (Lipinski definition) is 2. The molecule has 1 saturated heterocycles. The predicted molar refractivity (Wildman–Crippen MR) is 58.0 cm³/mol. The first kappa shape index (κ1) is 13.4. The van der Waals surface area contributed by atoms with E-state index in [-0.39, 0.29) is 12.0 Å². The van der Waals surface area contributed by atoms with Gasteiger partial charge in [-0.2, -0.15) is 0 Å². The molecule has 0 aromatic heterocycles. The molecule has 2 atom stereocenters. The highest BCUT2D eigenvalue weighted by molar-refractivity contribution is 5.81. The monoisotopic (exact) mass is 232 g/mol. The second-order valence-corrected chi connectivity index (χ2v) is 3.70. The number of nitrogens with one attached hydrogen (secondary N) is 1. The summed E-state index contributed by atoms with van der Waals surface area (Å²) in [6.07, 6.45) is 0.456. The molecule has 6 nitrogen and oxygen atoms in total. The Morgan fingerprint density at radius 2 is 2.44 bits per heavy atom. The van der Waals surface area contributed by atoms with Crippen LogP contribution in [0.25, 0.3) is 0 Å². The molecule has 1 rings (SSSR count). The van der Waals surface area contributed by atoms with Crippen molar-refractivity contribution in [2.24, 2.45) is 5.73 Å². The van der Waals surface area contributed by atoms with Gasteiger partial charge in [0.1, 0.15) is 0 Å². The lowest BCUT2D eigenvalue weighted by Gasteiger charge is -2.23. The van der Waals surface area contributed by atoms with Gasteiger partial charge in [-0.1, -0.05) is 0 Å². The van der Waals surface area contributed by atoms with Crippen LogP contribution in [0.4, 0.5) is 0 Å². The van der Waals surface area contributed by atoms with Crippen LogP contribution in [0.1, 0.15) is 6.42 Å². The molecule has 0 aromatic rings. The Balaban J connectivity index is 2.12. The van der Waals surface area contributed by atoms with Crippen molar-refractivity contribution in [3.63, 3.8) is 0 Å². The zero-order valence-electron chi connectivity index (χ0n) is 9.61. The van der Waals surface area contributed by atoms with Gasteiger partial charge in [-0.3, -0.25) is 4.79 Å². The highest BCUT2D eigenvalue weighted by atomic mass is 16.6. The normalized spacial score (nSPS) is 22.8. The van der Waals surface area contributed by atoms with Gasteiger partial charge in [0.15, 0.2) is 0 Å². The lowest BCUT2D eigenvalue weighted by molar-refractivity contribution is -0.125. The molecule has 0 bridgehead atoms. The molecule has 0 radical (unpaired) electrons. The van der Waals surface area contributed by atoms with Gasteiger partial charge >= 0.3 is 0 Å². The van der Waals surface area contributed by atoms with E-state index in [4.69, 9.17) is 19.9 Å². The van der Waals surface area contributed by atoms with Crippen LogP contribution in [-0.2, 0) is 19.0 Å². The molecular formula is C10H20N2O4. The summed E-state index contributed by atoms with van der Waals surface area (Å²) in [4.78, 5) is 11.5. The zero-order valence-corrected chi connectivity index (χ0v) is 9.61. The number of ether oxygens (including phenoxy) is 3. The third-order valence-corrected chi connectivity index (χ3v) is 2.36. The molecule has 94 valence electrons. The molecule has 6 heteroatoms. The smallest absolute Gasteiger partial charge is 0.237 e. The number of hydrogen-bond acceptors (Lipinski definition) is 5. The summed E-state index contributed by atoms with van der Waals surface area (Å²) in [6, 6.07) is -0.524. The number of carbonyl (C=O) groups excluding carboxylic acids is 1. The van der Waals surface area contributed by atoms with Crippen LogP contribution in [0.5, 0.6) is 0 Å². The molecule has 0 aliphatic carbocycles. The zero-order chi connectivity index (χ0) is 11.8. The molecule has 0 aromatic carbocycles. The fourth-order valence-corrected chi connectivity index (χ4v) is 1.38. The van der Waals surface area contributed by atoms with Gasteiger partial charge in [-0.15, -0.1) is 0 Å². The van der Waals surface area contributed by atoms with E-state index in [0.717, 1.165) is 0 Å². The van der Waals surface area contributed by atoms with Gasteiger partial charge in [0.25, 0.3) is 0 Å². The Morgan fingerprint density at radius 3 is 3.06 bits per heavy atom. The molecular weight excluding hydrogens is 212 g/mol. The Labute approximate surface area is 95.4 Å². The number of nitrogens with two attached hydrogens (primary N) is 1. The average Bonchev–Trinajstić information content (AvgIpc) is 2.34. The summed E-state index contributed by atoms with van der Waals surface area (Å²) >= 11 is 0. The fraction of sp³-hybridized carbons (Fsp3) is 0.900. The highest BCUT2D eigenvalue weighted by Gasteiger charge is 2.17. The van der Waals surface area contributed by atoms with E-state index in [1.807, 2.05) is 0 Å². The summed E-state index contributed by atoms with van der Waals surface area (Å²) in [6.45, 7) is 2.65. The van der Waals surface area contributed by atoms with Crippen molar-refractivity contribution in [1.82, 2.24) is 5.32 Å². The molecule has 1 aliphatic rings. The van der Waals surface area contributed by atoms with Crippen molar-refractivity contribution in [2.45, 2.75) is 18.6 Å². The topological polar surface area (TPSA) is 82.8 Å². The molecule has 16 heavy (non-hydrogen) atoms. The van der Waals surface area contributed by atoms with Crippen molar-refractivity contribution in [3.8, 4) is 0 Å². The number of carbonyl (C=O) groups is 1. The lowest BCUT2D eigenvalue weighted by Crippen LogP contribution is -2.46. The van der Waals surface area contributed by atoms with E-state index in [9.17, 15) is 4.79 Å². The van der Waals surface area contributed by atoms with Crippen LogP contribution in [0.15, 0.2) is 0 Å². The molecule has 1 amide bonds. The molecule has 1 aliphatic heterocycles. The molecule has 3 N–H and O–H groups in total. The summed E-state index contributed by atoms with van der Waals surface area (Å²) in [7, 11) is 1.58. The maximum atomic E-state index is 11.5. The van der Waals surface area contributed by atoms with Crippen molar-refractivity contribution in [3.05, 3.63) is 0 Å². The first-order chi connectivity index (χ1) is 7.74. The van der Waals surface area contributed by atoms with Crippen LogP contribution in [0.3, 0.4) is 0 Å². The number of rotatable bonds is 6. The fourth-order valence-electron chi connectivity index (χ4n) is 1.38. The second kappa shape index (κ2) is 7.56. The van der Waals surface area contributed by atoms with E-state index in [1.165, 1.54) is 0 Å². The summed E-state index contributed by atoms with van der Waals surface area (Å²) in [5.41, 5.74) is 5.65. The molecule has 1 fully saturated rings. The molecule has 0 spiro atoms. The van der Waals surface area contributed by atoms with Crippen LogP contribution < -0.4 is 11.1 Å². The van der Waals surface area contributed by atoms with Gasteiger partial charge in [-0.25, -0.2) is 0 Å². The minimum absolute atomic E-state index is 0.0627. The van der Waals surface area contributed by atoms with E-state index in [2.05, 4.69) is 5.32 Å². The van der Waals surface area contributed by atoms with E-state index >= 15 is 0 Å². The van der Waals surface area contributed by atoms with Crippen molar-refractivity contribution in [2.75, 3.05) is 40.1 Å². The van der Waals surface area contributed by atoms with Gasteiger partial charge in [0, 0.05) is 20.3 Å². The lowest BCUT2D eigenvalue weighted by atomic mass is 10.2. The van der Waals surface area contributed by atoms with E-state index in [0.29, 0.717) is 39.4 Å². The minimum Gasteiger partial charge on any atom is -0.385 e. The van der Waals surface area contributed by atoms with Gasteiger partial charge < -0.3 is 25.3 Å². The van der Waals surface area contributed by atoms with Crippen LogP contribution in [0, 0.1) is 0 Å². The molecule has 2 unspecified atom stereocenters. The first-order valence-corrected chi connectivity index (χ1v) is 5.45. The maximum Gasteiger partial charge on any atom is 0.237 e. The van der Waals surface area contributed by atoms with E-state index < -0.39 is 6.04 Å². The number of methoxy groups -OCH3 is 1. The first-order valence-electron chi connectivity index (χ1n) is 5.45. The Kier molecular flexibility index (Phi) is 6.32. The SMILES string of the molecule is COCCC(N)C(=O)NCC1COCCO1. The second-order valence-electron chi connectivity index (χ2n) is 3.70. The van der Waals surface area contributed by atoms with Crippen molar-refractivity contribution in [1.29, 1.82) is 0 Å². The van der Waals surface area contributed by atoms with Crippen molar-refractivity contribution < 1.29 is 19.0 Å². The van der Waals surface area contributed by atoms with Gasteiger partial charge in [-0.05, 0) is 6.42 Å². The predicted octanol–water partition coefficient (Wildman–Crippen LogP) is -1.12. The van der Waals surface area contributed by atoms with Crippen LogP contribution >= 0.6 is 0 Å².